The van der Waals surface area contributed by atoms with E-state index < -0.39 is 0 Å². The summed E-state index contributed by atoms with van der Waals surface area (Å²) >= 11 is 0. The van der Waals surface area contributed by atoms with Crippen molar-refractivity contribution in [2.24, 2.45) is 9.98 Å². The SMILES string of the molecule is CCc1c(C)c[nH]c1/C=C1\N=C(C)C(CCC2=C(C)/C(=C\c3[nH]cc(C)c3CC)N=C2C)=C1C. The standard InChI is InChI=1S/C30H38N4/c1-9-23-17(3)15-31-29(23)13-27-19(5)25(21(7)33-27)11-12-26-20(6)28(34-22(26)8)14-30-24(10-2)18(4)16-32-30/h13-16,31-32H,9-12H2,1-8H3/b27-13-,28-14+. The van der Waals surface area contributed by atoms with Gasteiger partial charge in [-0.05, 0) is 124 Å². The number of hydrogen-bond donors (Lipinski definition) is 2. The number of hydrogen-bond acceptors (Lipinski definition) is 2. The summed E-state index contributed by atoms with van der Waals surface area (Å²) in [5.74, 6) is 0. The van der Waals surface area contributed by atoms with Gasteiger partial charge in [-0.15, -0.1) is 0 Å². The molecule has 4 heteroatoms. The molecule has 2 aromatic rings. The molecule has 34 heavy (non-hydrogen) atoms. The van der Waals surface area contributed by atoms with Crippen molar-refractivity contribution >= 4 is 23.6 Å². The van der Waals surface area contributed by atoms with E-state index in [0.717, 1.165) is 48.5 Å². The van der Waals surface area contributed by atoms with Crippen molar-refractivity contribution in [2.45, 2.75) is 81.1 Å². The number of nitrogens with zero attached hydrogens (tertiary/aromatic N) is 2. The number of aromatic nitrogens is 2. The van der Waals surface area contributed by atoms with E-state index in [4.69, 9.17) is 9.98 Å². The third kappa shape index (κ3) is 4.34. The van der Waals surface area contributed by atoms with E-state index in [0.29, 0.717) is 0 Å². The predicted octanol–water partition coefficient (Wildman–Crippen LogP) is 7.83. The monoisotopic (exact) mass is 454 g/mol. The normalized spacial score (nSPS) is 18.7. The summed E-state index contributed by atoms with van der Waals surface area (Å²) in [6.45, 7) is 17.5. The highest BCUT2D eigenvalue weighted by Crippen LogP contribution is 2.35. The molecule has 0 fully saturated rings. The Kier molecular flexibility index (Phi) is 6.79. The molecular formula is C30H38N4. The zero-order valence-corrected chi connectivity index (χ0v) is 22.0. The number of aromatic amines is 2. The molecule has 2 aliphatic heterocycles. The highest BCUT2D eigenvalue weighted by Gasteiger charge is 2.22. The number of aryl methyl sites for hydroxylation is 2. The first kappa shape index (κ1) is 24.0. The Bertz CT molecular complexity index is 1210. The lowest BCUT2D eigenvalue weighted by atomic mass is 9.94. The van der Waals surface area contributed by atoms with Crippen molar-refractivity contribution in [1.82, 2.24) is 9.97 Å². The summed E-state index contributed by atoms with van der Waals surface area (Å²) in [5.41, 5.74) is 17.5. The molecule has 4 heterocycles. The largest absolute Gasteiger partial charge is 0.361 e. The molecular weight excluding hydrogens is 416 g/mol. The molecule has 0 unspecified atom stereocenters. The Morgan fingerprint density at radius 3 is 1.38 bits per heavy atom. The fourth-order valence-corrected chi connectivity index (χ4v) is 5.40. The maximum Gasteiger partial charge on any atom is 0.0686 e. The first-order chi connectivity index (χ1) is 16.2. The molecule has 0 spiro atoms. The minimum absolute atomic E-state index is 0.984. The quantitative estimate of drug-likeness (QED) is 0.428. The van der Waals surface area contributed by atoms with Crippen LogP contribution in [0.15, 0.2) is 56.1 Å². The Hall–Kier alpha value is -3.14. The molecule has 4 rings (SSSR count). The second-order valence-corrected chi connectivity index (χ2v) is 9.60. The average Bonchev–Trinajstić information content (AvgIpc) is 3.49. The highest BCUT2D eigenvalue weighted by atomic mass is 14.8. The lowest BCUT2D eigenvalue weighted by Gasteiger charge is -2.08. The fraction of sp³-hybridized carbons (Fsp3) is 0.400. The third-order valence-corrected chi connectivity index (χ3v) is 7.51. The molecule has 0 aromatic carbocycles. The number of nitrogens with one attached hydrogen (secondary N) is 2. The maximum absolute atomic E-state index is 4.93. The zero-order valence-electron chi connectivity index (χ0n) is 22.0. The zero-order chi connectivity index (χ0) is 24.6. The van der Waals surface area contributed by atoms with Gasteiger partial charge in [0.2, 0.25) is 0 Å². The van der Waals surface area contributed by atoms with Crippen molar-refractivity contribution < 1.29 is 0 Å². The number of rotatable bonds is 7. The second-order valence-electron chi connectivity index (χ2n) is 9.60. The molecule has 4 nitrogen and oxygen atoms in total. The van der Waals surface area contributed by atoms with Gasteiger partial charge >= 0.3 is 0 Å². The Balaban J connectivity index is 1.57. The van der Waals surface area contributed by atoms with Gasteiger partial charge in [-0.2, -0.15) is 0 Å². The van der Waals surface area contributed by atoms with E-state index in [1.54, 1.807) is 0 Å². The van der Waals surface area contributed by atoms with Crippen molar-refractivity contribution in [3.8, 4) is 0 Å². The third-order valence-electron chi connectivity index (χ3n) is 7.51. The number of allylic oxidation sites excluding steroid dienone is 4. The van der Waals surface area contributed by atoms with Crippen LogP contribution in [0.4, 0.5) is 0 Å². The van der Waals surface area contributed by atoms with Crippen molar-refractivity contribution in [3.63, 3.8) is 0 Å². The molecule has 0 amide bonds. The molecule has 178 valence electrons. The van der Waals surface area contributed by atoms with E-state index >= 15 is 0 Å². The van der Waals surface area contributed by atoms with Crippen LogP contribution in [0.25, 0.3) is 12.2 Å². The Labute approximate surface area is 204 Å². The van der Waals surface area contributed by atoms with Gasteiger partial charge in [0.15, 0.2) is 0 Å². The summed E-state index contributed by atoms with van der Waals surface area (Å²) in [6.07, 6.45) is 12.6. The van der Waals surface area contributed by atoms with Crippen LogP contribution in [-0.4, -0.2) is 21.4 Å². The van der Waals surface area contributed by atoms with Crippen LogP contribution in [0.3, 0.4) is 0 Å². The van der Waals surface area contributed by atoms with Crippen LogP contribution >= 0.6 is 0 Å². The summed E-state index contributed by atoms with van der Waals surface area (Å²) in [6, 6.07) is 0. The summed E-state index contributed by atoms with van der Waals surface area (Å²) in [5, 5.41) is 0. The lowest BCUT2D eigenvalue weighted by molar-refractivity contribution is 0.977. The minimum atomic E-state index is 0.984. The van der Waals surface area contributed by atoms with Crippen LogP contribution in [0, 0.1) is 13.8 Å². The van der Waals surface area contributed by atoms with E-state index in [1.165, 1.54) is 55.9 Å². The average molecular weight is 455 g/mol. The highest BCUT2D eigenvalue weighted by molar-refractivity contribution is 6.06. The van der Waals surface area contributed by atoms with Crippen molar-refractivity contribution in [2.75, 3.05) is 0 Å². The summed E-state index contributed by atoms with van der Waals surface area (Å²) in [7, 11) is 0. The van der Waals surface area contributed by atoms with Gasteiger partial charge in [0.25, 0.3) is 0 Å². The molecule has 2 N–H and O–H groups in total. The van der Waals surface area contributed by atoms with E-state index in [2.05, 4.69) is 89.9 Å². The predicted molar refractivity (Wildman–Crippen MR) is 147 cm³/mol. The van der Waals surface area contributed by atoms with Crippen LogP contribution in [0.2, 0.25) is 0 Å². The first-order valence-corrected chi connectivity index (χ1v) is 12.5. The number of aliphatic imine (C=N–C) groups is 2. The van der Waals surface area contributed by atoms with Gasteiger partial charge in [-0.25, -0.2) is 0 Å². The van der Waals surface area contributed by atoms with Crippen molar-refractivity contribution in [1.29, 1.82) is 0 Å². The smallest absolute Gasteiger partial charge is 0.0686 e. The molecule has 0 atom stereocenters. The maximum atomic E-state index is 4.93. The Morgan fingerprint density at radius 1 is 0.647 bits per heavy atom. The summed E-state index contributed by atoms with van der Waals surface area (Å²) < 4.78 is 0. The molecule has 0 saturated heterocycles. The van der Waals surface area contributed by atoms with Gasteiger partial charge in [-0.3, -0.25) is 9.98 Å². The van der Waals surface area contributed by atoms with E-state index in [9.17, 15) is 0 Å². The van der Waals surface area contributed by atoms with E-state index in [-0.39, 0.29) is 0 Å². The van der Waals surface area contributed by atoms with Crippen LogP contribution in [0.1, 0.15) is 88.0 Å². The van der Waals surface area contributed by atoms with Gasteiger partial charge < -0.3 is 9.97 Å². The lowest BCUT2D eigenvalue weighted by Crippen LogP contribution is -2.00. The minimum Gasteiger partial charge on any atom is -0.361 e. The molecule has 2 aromatic heterocycles. The van der Waals surface area contributed by atoms with Gasteiger partial charge in [-0.1, -0.05) is 13.8 Å². The van der Waals surface area contributed by atoms with Gasteiger partial charge in [0, 0.05) is 35.2 Å². The topological polar surface area (TPSA) is 56.3 Å². The first-order valence-electron chi connectivity index (χ1n) is 12.5. The van der Waals surface area contributed by atoms with Gasteiger partial charge in [0.05, 0.1) is 11.4 Å². The van der Waals surface area contributed by atoms with Gasteiger partial charge in [0.1, 0.15) is 0 Å². The van der Waals surface area contributed by atoms with E-state index in [1.807, 2.05) is 0 Å². The second kappa shape index (κ2) is 9.61. The Morgan fingerprint density at radius 2 is 1.03 bits per heavy atom. The molecule has 0 bridgehead atoms. The van der Waals surface area contributed by atoms with Crippen LogP contribution < -0.4 is 0 Å². The molecule has 0 radical (unpaired) electrons. The van der Waals surface area contributed by atoms with Crippen LogP contribution in [-0.2, 0) is 12.8 Å². The summed E-state index contributed by atoms with van der Waals surface area (Å²) in [4.78, 5) is 16.7. The molecule has 0 saturated carbocycles. The fourth-order valence-electron chi connectivity index (χ4n) is 5.40. The molecule has 0 aliphatic carbocycles. The van der Waals surface area contributed by atoms with Crippen molar-refractivity contribution in [3.05, 3.63) is 79.7 Å². The molecule has 2 aliphatic rings. The number of H-pyrrole nitrogens is 2. The van der Waals surface area contributed by atoms with Crippen LogP contribution in [0.5, 0.6) is 0 Å².